The minimum Gasteiger partial charge on any atom is -0.324 e. The SMILES string of the molecule is CC(C)CC(C(=O)Nc1ccncc1)N1C(=O)C2CC=CCC2C1=O. The number of imide groups is 1. The topological polar surface area (TPSA) is 79.4 Å². The molecule has 0 aromatic carbocycles. The first-order chi connectivity index (χ1) is 12.0. The van der Waals surface area contributed by atoms with Crippen molar-refractivity contribution in [2.75, 3.05) is 5.32 Å². The maximum absolute atomic E-state index is 12.8. The van der Waals surface area contributed by atoms with E-state index in [0.29, 0.717) is 24.9 Å². The van der Waals surface area contributed by atoms with E-state index in [1.54, 1.807) is 24.5 Å². The van der Waals surface area contributed by atoms with Crippen LogP contribution in [0.1, 0.15) is 33.1 Å². The van der Waals surface area contributed by atoms with Gasteiger partial charge in [0.15, 0.2) is 0 Å². The van der Waals surface area contributed by atoms with Gasteiger partial charge in [0.25, 0.3) is 0 Å². The molecule has 3 amide bonds. The lowest BCUT2D eigenvalue weighted by atomic mass is 9.85. The van der Waals surface area contributed by atoms with E-state index in [1.807, 2.05) is 26.0 Å². The van der Waals surface area contributed by atoms with Crippen molar-refractivity contribution in [3.05, 3.63) is 36.7 Å². The van der Waals surface area contributed by atoms with Crippen LogP contribution < -0.4 is 5.32 Å². The summed E-state index contributed by atoms with van der Waals surface area (Å²) in [6.45, 7) is 3.96. The van der Waals surface area contributed by atoms with Crippen molar-refractivity contribution in [1.29, 1.82) is 0 Å². The lowest BCUT2D eigenvalue weighted by Gasteiger charge is -2.27. The molecule has 0 spiro atoms. The van der Waals surface area contributed by atoms with E-state index in [2.05, 4.69) is 10.3 Å². The number of aromatic nitrogens is 1. The number of anilines is 1. The molecule has 6 nitrogen and oxygen atoms in total. The number of rotatable bonds is 5. The zero-order chi connectivity index (χ0) is 18.0. The summed E-state index contributed by atoms with van der Waals surface area (Å²) in [6.07, 6.45) is 8.66. The van der Waals surface area contributed by atoms with Gasteiger partial charge in [-0.3, -0.25) is 24.3 Å². The Labute approximate surface area is 147 Å². The van der Waals surface area contributed by atoms with Crippen LogP contribution in [0.2, 0.25) is 0 Å². The number of likely N-dealkylation sites (tertiary alicyclic amines) is 1. The number of amides is 3. The first kappa shape index (κ1) is 17.3. The molecule has 25 heavy (non-hydrogen) atoms. The largest absolute Gasteiger partial charge is 0.324 e. The molecule has 1 aromatic rings. The number of hydrogen-bond acceptors (Lipinski definition) is 4. The molecule has 1 N–H and O–H groups in total. The fourth-order valence-corrected chi connectivity index (χ4v) is 3.57. The van der Waals surface area contributed by atoms with Crippen LogP contribution >= 0.6 is 0 Å². The number of carbonyl (C=O) groups excluding carboxylic acids is 3. The molecule has 3 atom stereocenters. The molecule has 2 heterocycles. The Morgan fingerprint density at radius 1 is 1.16 bits per heavy atom. The van der Waals surface area contributed by atoms with E-state index in [4.69, 9.17) is 0 Å². The minimum atomic E-state index is -0.779. The van der Waals surface area contributed by atoms with Crippen molar-refractivity contribution in [3.63, 3.8) is 0 Å². The van der Waals surface area contributed by atoms with E-state index in [1.165, 1.54) is 4.90 Å². The standard InChI is InChI=1S/C19H23N3O3/c1-12(2)11-16(17(23)21-13-7-9-20-10-8-13)22-18(24)14-5-3-4-6-15(14)19(22)25/h3-4,7-10,12,14-16H,5-6,11H2,1-2H3,(H,20,21,23). The molecule has 1 aliphatic carbocycles. The molecule has 1 fully saturated rings. The van der Waals surface area contributed by atoms with E-state index in [0.717, 1.165) is 0 Å². The van der Waals surface area contributed by atoms with E-state index in [-0.39, 0.29) is 35.5 Å². The molecule has 0 bridgehead atoms. The number of nitrogens with zero attached hydrogens (tertiary/aromatic N) is 2. The highest BCUT2D eigenvalue weighted by molar-refractivity contribution is 6.10. The summed E-state index contributed by atoms with van der Waals surface area (Å²) in [4.78, 5) is 43.6. The Balaban J connectivity index is 1.84. The van der Waals surface area contributed by atoms with Crippen LogP contribution in [0.15, 0.2) is 36.7 Å². The van der Waals surface area contributed by atoms with Crippen molar-refractivity contribution in [3.8, 4) is 0 Å². The van der Waals surface area contributed by atoms with Crippen LogP contribution in [0.4, 0.5) is 5.69 Å². The molecule has 132 valence electrons. The smallest absolute Gasteiger partial charge is 0.247 e. The Bertz CT molecular complexity index is 673. The molecule has 0 saturated carbocycles. The lowest BCUT2D eigenvalue weighted by molar-refractivity contribution is -0.147. The van der Waals surface area contributed by atoms with Gasteiger partial charge in [-0.1, -0.05) is 26.0 Å². The van der Waals surface area contributed by atoms with Crippen molar-refractivity contribution >= 4 is 23.4 Å². The summed E-state index contributed by atoms with van der Waals surface area (Å²) in [5.74, 6) is -1.21. The highest BCUT2D eigenvalue weighted by Gasteiger charge is 2.51. The van der Waals surface area contributed by atoms with Gasteiger partial charge in [0, 0.05) is 18.1 Å². The summed E-state index contributed by atoms with van der Waals surface area (Å²) in [5.41, 5.74) is 0.604. The second-order valence-corrected chi connectivity index (χ2v) is 7.07. The maximum Gasteiger partial charge on any atom is 0.247 e. The molecule has 1 aromatic heterocycles. The number of hydrogen-bond donors (Lipinski definition) is 1. The second kappa shape index (κ2) is 7.17. The van der Waals surface area contributed by atoms with Gasteiger partial charge >= 0.3 is 0 Å². The third-order valence-corrected chi connectivity index (χ3v) is 4.80. The van der Waals surface area contributed by atoms with Crippen molar-refractivity contribution < 1.29 is 14.4 Å². The fraction of sp³-hybridized carbons (Fsp3) is 0.474. The first-order valence-electron chi connectivity index (χ1n) is 8.72. The number of carbonyl (C=O) groups is 3. The number of pyridine rings is 1. The van der Waals surface area contributed by atoms with Gasteiger partial charge < -0.3 is 5.32 Å². The van der Waals surface area contributed by atoms with E-state index in [9.17, 15) is 14.4 Å². The van der Waals surface area contributed by atoms with Crippen LogP contribution in [-0.4, -0.2) is 33.6 Å². The molecule has 1 saturated heterocycles. The predicted molar refractivity (Wildman–Crippen MR) is 93.3 cm³/mol. The summed E-state index contributed by atoms with van der Waals surface area (Å²) in [6, 6.07) is 2.59. The van der Waals surface area contributed by atoms with Crippen molar-refractivity contribution in [2.45, 2.75) is 39.2 Å². The average Bonchev–Trinajstić information content (AvgIpc) is 2.85. The highest BCUT2D eigenvalue weighted by atomic mass is 16.2. The summed E-state index contributed by atoms with van der Waals surface area (Å²) >= 11 is 0. The number of fused-ring (bicyclic) bond motifs is 1. The molecular formula is C19H23N3O3. The van der Waals surface area contributed by atoms with Crippen LogP contribution in [0.5, 0.6) is 0 Å². The van der Waals surface area contributed by atoms with Crippen LogP contribution in [0.3, 0.4) is 0 Å². The highest BCUT2D eigenvalue weighted by Crippen LogP contribution is 2.37. The zero-order valence-corrected chi connectivity index (χ0v) is 14.5. The van der Waals surface area contributed by atoms with Gasteiger partial charge in [-0.2, -0.15) is 0 Å². The van der Waals surface area contributed by atoms with Gasteiger partial charge in [0.05, 0.1) is 11.8 Å². The van der Waals surface area contributed by atoms with Crippen molar-refractivity contribution in [2.24, 2.45) is 17.8 Å². The Morgan fingerprint density at radius 3 is 2.24 bits per heavy atom. The zero-order valence-electron chi connectivity index (χ0n) is 14.5. The fourth-order valence-electron chi connectivity index (χ4n) is 3.57. The summed E-state index contributed by atoms with van der Waals surface area (Å²) < 4.78 is 0. The van der Waals surface area contributed by atoms with Gasteiger partial charge in [-0.05, 0) is 37.3 Å². The Morgan fingerprint density at radius 2 is 1.72 bits per heavy atom. The van der Waals surface area contributed by atoms with Gasteiger partial charge in [0.2, 0.25) is 17.7 Å². The normalized spacial score (nSPS) is 23.7. The molecule has 1 aliphatic heterocycles. The summed E-state index contributed by atoms with van der Waals surface area (Å²) in [5, 5.41) is 2.81. The second-order valence-electron chi connectivity index (χ2n) is 7.07. The third-order valence-electron chi connectivity index (χ3n) is 4.80. The van der Waals surface area contributed by atoms with Crippen LogP contribution in [0.25, 0.3) is 0 Å². The monoisotopic (exact) mass is 341 g/mol. The Kier molecular flexibility index (Phi) is 4.97. The van der Waals surface area contributed by atoms with Gasteiger partial charge in [0.1, 0.15) is 6.04 Å². The Hall–Kier alpha value is -2.50. The first-order valence-corrected chi connectivity index (χ1v) is 8.72. The van der Waals surface area contributed by atoms with Gasteiger partial charge in [-0.15, -0.1) is 0 Å². The van der Waals surface area contributed by atoms with Gasteiger partial charge in [-0.25, -0.2) is 0 Å². The van der Waals surface area contributed by atoms with Crippen LogP contribution in [0, 0.1) is 17.8 Å². The quantitative estimate of drug-likeness (QED) is 0.659. The van der Waals surface area contributed by atoms with E-state index >= 15 is 0 Å². The number of allylic oxidation sites excluding steroid dienone is 2. The molecule has 3 rings (SSSR count). The molecule has 0 radical (unpaired) electrons. The molecule has 6 heteroatoms. The average molecular weight is 341 g/mol. The molecule has 2 aliphatic rings. The number of nitrogens with one attached hydrogen (secondary N) is 1. The molecule has 3 unspecified atom stereocenters. The van der Waals surface area contributed by atoms with Crippen molar-refractivity contribution in [1.82, 2.24) is 9.88 Å². The third kappa shape index (κ3) is 3.48. The van der Waals surface area contributed by atoms with E-state index < -0.39 is 6.04 Å². The molecular weight excluding hydrogens is 318 g/mol. The minimum absolute atomic E-state index is 0.176. The van der Waals surface area contributed by atoms with Crippen LogP contribution in [-0.2, 0) is 14.4 Å². The maximum atomic E-state index is 12.8. The predicted octanol–water partition coefficient (Wildman–Crippen LogP) is 2.39. The summed E-state index contributed by atoms with van der Waals surface area (Å²) in [7, 11) is 0. The lowest BCUT2D eigenvalue weighted by Crippen LogP contribution is -2.48.